The standard InChI is InChI=1S/C16H29NO/c1-14-5-9-16(13-18,10-6-14)17-11-15(12-17)7-3-2-4-8-15/h14,18H,2-13H2,1H3. The van der Waals surface area contributed by atoms with Gasteiger partial charge >= 0.3 is 0 Å². The molecule has 2 saturated carbocycles. The molecular formula is C16H29NO. The predicted octanol–water partition coefficient (Wildman–Crippen LogP) is 3.19. The Balaban J connectivity index is 1.61. The van der Waals surface area contributed by atoms with Crippen molar-refractivity contribution in [1.29, 1.82) is 0 Å². The van der Waals surface area contributed by atoms with Gasteiger partial charge in [0.15, 0.2) is 0 Å². The highest BCUT2D eigenvalue weighted by molar-refractivity contribution is 5.05. The Morgan fingerprint density at radius 3 is 2.17 bits per heavy atom. The Morgan fingerprint density at radius 1 is 1.00 bits per heavy atom. The van der Waals surface area contributed by atoms with Crippen molar-refractivity contribution in [3.8, 4) is 0 Å². The Bertz CT molecular complexity index is 279. The van der Waals surface area contributed by atoms with Crippen molar-refractivity contribution < 1.29 is 5.11 Å². The van der Waals surface area contributed by atoms with Crippen LogP contribution < -0.4 is 0 Å². The molecule has 0 aromatic heterocycles. The first kappa shape index (κ1) is 12.9. The van der Waals surface area contributed by atoms with Gasteiger partial charge in [-0.2, -0.15) is 0 Å². The molecule has 1 aliphatic heterocycles. The smallest absolute Gasteiger partial charge is 0.0615 e. The van der Waals surface area contributed by atoms with Crippen LogP contribution in [0.2, 0.25) is 0 Å². The van der Waals surface area contributed by atoms with Crippen molar-refractivity contribution in [2.24, 2.45) is 11.3 Å². The lowest BCUT2D eigenvalue weighted by atomic mass is 9.65. The number of aliphatic hydroxyl groups excluding tert-OH is 1. The molecule has 3 aliphatic rings. The highest BCUT2D eigenvalue weighted by atomic mass is 16.3. The second-order valence-corrected chi connectivity index (χ2v) is 7.48. The molecule has 2 aliphatic carbocycles. The summed E-state index contributed by atoms with van der Waals surface area (Å²) in [6.45, 7) is 5.31. The molecule has 2 heteroatoms. The zero-order valence-electron chi connectivity index (χ0n) is 12.0. The van der Waals surface area contributed by atoms with Gasteiger partial charge in [-0.3, -0.25) is 4.90 Å². The summed E-state index contributed by atoms with van der Waals surface area (Å²) in [4.78, 5) is 2.64. The van der Waals surface area contributed by atoms with E-state index in [9.17, 15) is 5.11 Å². The molecule has 1 spiro atoms. The summed E-state index contributed by atoms with van der Waals surface area (Å²) in [5, 5.41) is 9.91. The van der Waals surface area contributed by atoms with Crippen molar-refractivity contribution in [3.05, 3.63) is 0 Å². The number of aliphatic hydroxyl groups is 1. The van der Waals surface area contributed by atoms with Gasteiger partial charge in [-0.05, 0) is 49.9 Å². The maximum atomic E-state index is 9.91. The van der Waals surface area contributed by atoms with Crippen LogP contribution >= 0.6 is 0 Å². The first-order valence-electron chi connectivity index (χ1n) is 8.04. The van der Waals surface area contributed by atoms with Gasteiger partial charge in [0.1, 0.15) is 0 Å². The molecule has 2 nitrogen and oxygen atoms in total. The maximum Gasteiger partial charge on any atom is 0.0615 e. The Hall–Kier alpha value is -0.0800. The van der Waals surface area contributed by atoms with Gasteiger partial charge in [0.05, 0.1) is 6.61 Å². The summed E-state index contributed by atoms with van der Waals surface area (Å²) in [6.07, 6.45) is 12.3. The SMILES string of the molecule is CC1CCC(CO)(N2CC3(CCCCC3)C2)CC1. The van der Waals surface area contributed by atoms with E-state index >= 15 is 0 Å². The number of rotatable bonds is 2. The second kappa shape index (κ2) is 4.79. The number of nitrogens with zero attached hydrogens (tertiary/aromatic N) is 1. The molecule has 0 unspecified atom stereocenters. The largest absolute Gasteiger partial charge is 0.394 e. The van der Waals surface area contributed by atoms with E-state index in [-0.39, 0.29) is 5.54 Å². The summed E-state index contributed by atoms with van der Waals surface area (Å²) in [6, 6.07) is 0. The summed E-state index contributed by atoms with van der Waals surface area (Å²) >= 11 is 0. The fourth-order valence-electron chi connectivity index (χ4n) is 4.59. The molecule has 1 saturated heterocycles. The van der Waals surface area contributed by atoms with Crippen molar-refractivity contribution in [3.63, 3.8) is 0 Å². The maximum absolute atomic E-state index is 9.91. The van der Waals surface area contributed by atoms with Gasteiger partial charge in [-0.15, -0.1) is 0 Å². The molecule has 0 aromatic carbocycles. The van der Waals surface area contributed by atoms with E-state index < -0.39 is 0 Å². The minimum Gasteiger partial charge on any atom is -0.394 e. The van der Waals surface area contributed by atoms with E-state index in [2.05, 4.69) is 11.8 Å². The zero-order chi connectivity index (χ0) is 12.6. The molecule has 0 amide bonds. The normalized spacial score (nSPS) is 40.7. The van der Waals surface area contributed by atoms with Gasteiger partial charge in [0.2, 0.25) is 0 Å². The quantitative estimate of drug-likeness (QED) is 0.814. The molecule has 0 atom stereocenters. The van der Waals surface area contributed by atoms with Crippen molar-refractivity contribution in [1.82, 2.24) is 4.90 Å². The van der Waals surface area contributed by atoms with E-state index in [0.29, 0.717) is 12.0 Å². The highest BCUT2D eigenvalue weighted by Gasteiger charge is 2.51. The average Bonchev–Trinajstić information content (AvgIpc) is 2.39. The topological polar surface area (TPSA) is 23.5 Å². The van der Waals surface area contributed by atoms with Gasteiger partial charge in [0.25, 0.3) is 0 Å². The molecule has 0 radical (unpaired) electrons. The highest BCUT2D eigenvalue weighted by Crippen LogP contribution is 2.49. The molecule has 0 aromatic rings. The summed E-state index contributed by atoms with van der Waals surface area (Å²) in [7, 11) is 0. The molecular weight excluding hydrogens is 222 g/mol. The molecule has 1 heterocycles. The van der Waals surface area contributed by atoms with Crippen LogP contribution in [0.4, 0.5) is 0 Å². The number of hydrogen-bond acceptors (Lipinski definition) is 2. The van der Waals surface area contributed by atoms with E-state index in [1.54, 1.807) is 0 Å². The average molecular weight is 251 g/mol. The van der Waals surface area contributed by atoms with E-state index in [4.69, 9.17) is 0 Å². The first-order chi connectivity index (χ1) is 8.68. The Labute approximate surface area is 112 Å². The minimum absolute atomic E-state index is 0.162. The number of hydrogen-bond donors (Lipinski definition) is 1. The van der Waals surface area contributed by atoms with Gasteiger partial charge in [0, 0.05) is 18.6 Å². The molecule has 1 N–H and O–H groups in total. The van der Waals surface area contributed by atoms with E-state index in [1.807, 2.05) is 0 Å². The summed E-state index contributed by atoms with van der Waals surface area (Å²) in [5.41, 5.74) is 0.818. The van der Waals surface area contributed by atoms with Crippen LogP contribution in [0.1, 0.15) is 64.7 Å². The van der Waals surface area contributed by atoms with Crippen LogP contribution in [-0.4, -0.2) is 35.2 Å². The molecule has 3 fully saturated rings. The molecule has 18 heavy (non-hydrogen) atoms. The first-order valence-corrected chi connectivity index (χ1v) is 8.04. The van der Waals surface area contributed by atoms with Crippen molar-refractivity contribution in [2.45, 2.75) is 70.3 Å². The van der Waals surface area contributed by atoms with E-state index in [0.717, 1.165) is 5.92 Å². The van der Waals surface area contributed by atoms with Crippen LogP contribution in [0.15, 0.2) is 0 Å². The van der Waals surface area contributed by atoms with Gasteiger partial charge in [-0.25, -0.2) is 0 Å². The zero-order valence-corrected chi connectivity index (χ0v) is 12.0. The monoisotopic (exact) mass is 251 g/mol. The van der Waals surface area contributed by atoms with Gasteiger partial charge in [-0.1, -0.05) is 26.2 Å². The van der Waals surface area contributed by atoms with Crippen LogP contribution in [0.5, 0.6) is 0 Å². The van der Waals surface area contributed by atoms with Crippen LogP contribution in [0, 0.1) is 11.3 Å². The third-order valence-corrected chi connectivity index (χ3v) is 6.14. The summed E-state index contributed by atoms with van der Waals surface area (Å²) in [5.74, 6) is 0.870. The van der Waals surface area contributed by atoms with Crippen LogP contribution in [0.3, 0.4) is 0 Å². The van der Waals surface area contributed by atoms with E-state index in [1.165, 1.54) is 70.9 Å². The summed E-state index contributed by atoms with van der Waals surface area (Å²) < 4.78 is 0. The minimum atomic E-state index is 0.162. The van der Waals surface area contributed by atoms with Crippen molar-refractivity contribution in [2.75, 3.05) is 19.7 Å². The third-order valence-electron chi connectivity index (χ3n) is 6.14. The molecule has 3 rings (SSSR count). The Morgan fingerprint density at radius 2 is 1.61 bits per heavy atom. The fraction of sp³-hybridized carbons (Fsp3) is 1.00. The lowest BCUT2D eigenvalue weighted by Crippen LogP contribution is -2.67. The molecule has 0 bridgehead atoms. The Kier molecular flexibility index (Phi) is 3.44. The third kappa shape index (κ3) is 2.12. The number of likely N-dealkylation sites (tertiary alicyclic amines) is 1. The van der Waals surface area contributed by atoms with Gasteiger partial charge < -0.3 is 5.11 Å². The van der Waals surface area contributed by atoms with Crippen LogP contribution in [-0.2, 0) is 0 Å². The lowest BCUT2D eigenvalue weighted by molar-refractivity contribution is -0.127. The van der Waals surface area contributed by atoms with Crippen molar-refractivity contribution >= 4 is 0 Å². The molecule has 104 valence electrons. The second-order valence-electron chi connectivity index (χ2n) is 7.48. The fourth-order valence-corrected chi connectivity index (χ4v) is 4.59. The predicted molar refractivity (Wildman–Crippen MR) is 74.5 cm³/mol. The van der Waals surface area contributed by atoms with Crippen LogP contribution in [0.25, 0.3) is 0 Å². The lowest BCUT2D eigenvalue weighted by Gasteiger charge is -2.61.